The fourth-order valence-electron chi connectivity index (χ4n) is 4.96. The lowest BCUT2D eigenvalue weighted by Gasteiger charge is -2.26. The van der Waals surface area contributed by atoms with Crippen molar-refractivity contribution in [2.24, 2.45) is 0 Å². The van der Waals surface area contributed by atoms with E-state index in [1.165, 1.54) is 30.5 Å². The van der Waals surface area contributed by atoms with E-state index in [1.54, 1.807) is 6.07 Å². The number of carbonyl (C=O) groups is 1. The van der Waals surface area contributed by atoms with E-state index >= 15 is 0 Å². The lowest BCUT2D eigenvalue weighted by atomic mass is 10.0. The van der Waals surface area contributed by atoms with Crippen LogP contribution in [0, 0.1) is 11.8 Å². The van der Waals surface area contributed by atoms with E-state index in [0.29, 0.717) is 13.1 Å². The molecule has 42 heavy (non-hydrogen) atoms. The fourth-order valence-corrected chi connectivity index (χ4v) is 4.96. The number of halogens is 1. The van der Waals surface area contributed by atoms with Crippen molar-refractivity contribution < 1.29 is 15.0 Å². The maximum atomic E-state index is 11.8. The lowest BCUT2D eigenvalue weighted by Crippen LogP contribution is -2.22. The molecule has 5 aromatic carbocycles. The van der Waals surface area contributed by atoms with Crippen LogP contribution in [0.25, 0.3) is 10.8 Å². The topological polar surface area (TPSA) is 60.8 Å². The summed E-state index contributed by atoms with van der Waals surface area (Å²) < 4.78 is 0. The van der Waals surface area contributed by atoms with Crippen molar-refractivity contribution in [2.45, 2.75) is 39.3 Å². The number of unbranched alkanes of at least 4 members (excludes halogenated alkanes) is 1. The third-order valence-corrected chi connectivity index (χ3v) is 7.27. The van der Waals surface area contributed by atoms with Crippen LogP contribution in [-0.4, -0.2) is 16.2 Å². The second-order valence-electron chi connectivity index (χ2n) is 10.2. The van der Waals surface area contributed by atoms with Crippen LogP contribution in [0.15, 0.2) is 109 Å². The summed E-state index contributed by atoms with van der Waals surface area (Å²) in [5.74, 6) is 5.12. The Morgan fingerprint density at radius 2 is 1.40 bits per heavy atom. The van der Waals surface area contributed by atoms with Gasteiger partial charge in [-0.1, -0.05) is 91.9 Å². The van der Waals surface area contributed by atoms with Gasteiger partial charge in [-0.05, 0) is 82.8 Å². The van der Waals surface area contributed by atoms with Crippen molar-refractivity contribution >= 4 is 34.8 Å². The Morgan fingerprint density at radius 3 is 2.07 bits per heavy atom. The Bertz CT molecular complexity index is 1710. The van der Waals surface area contributed by atoms with E-state index in [0.717, 1.165) is 45.1 Å². The van der Waals surface area contributed by atoms with Crippen LogP contribution in [-0.2, 0) is 19.5 Å². The quantitative estimate of drug-likeness (QED) is 0.173. The first-order valence-electron chi connectivity index (χ1n) is 14.0. The minimum absolute atomic E-state index is 0. The number of phenols is 1. The zero-order valence-corrected chi connectivity index (χ0v) is 24.4. The van der Waals surface area contributed by atoms with Gasteiger partial charge >= 0.3 is 5.97 Å². The molecule has 5 aromatic rings. The number of carboxylic acids is 1. The third kappa shape index (κ3) is 7.51. The van der Waals surface area contributed by atoms with Gasteiger partial charge < -0.3 is 15.1 Å². The molecule has 0 saturated heterocycles. The van der Waals surface area contributed by atoms with E-state index in [-0.39, 0.29) is 23.7 Å². The number of hydrogen-bond donors (Lipinski definition) is 2. The summed E-state index contributed by atoms with van der Waals surface area (Å²) in [5, 5.41) is 22.0. The number of anilines is 1. The number of nitrogens with zero attached hydrogens (tertiary/aromatic N) is 1. The van der Waals surface area contributed by atoms with Crippen molar-refractivity contribution in [3.63, 3.8) is 0 Å². The largest absolute Gasteiger partial charge is 0.507 e. The van der Waals surface area contributed by atoms with Crippen molar-refractivity contribution in [3.8, 4) is 17.6 Å². The van der Waals surface area contributed by atoms with Crippen LogP contribution in [0.5, 0.6) is 5.75 Å². The highest BCUT2D eigenvalue weighted by atomic mass is 35.5. The highest BCUT2D eigenvalue weighted by Crippen LogP contribution is 2.29. The molecule has 5 heteroatoms. The van der Waals surface area contributed by atoms with Crippen molar-refractivity contribution in [1.82, 2.24) is 0 Å². The minimum Gasteiger partial charge on any atom is -0.507 e. The van der Waals surface area contributed by atoms with Gasteiger partial charge in [0.2, 0.25) is 0 Å². The van der Waals surface area contributed by atoms with E-state index in [9.17, 15) is 15.0 Å². The van der Waals surface area contributed by atoms with E-state index in [4.69, 9.17) is 0 Å². The number of carboxylic acid groups (broad SMARTS) is 1. The van der Waals surface area contributed by atoms with Crippen molar-refractivity contribution in [3.05, 3.63) is 143 Å². The van der Waals surface area contributed by atoms with Gasteiger partial charge in [0.05, 0.1) is 0 Å². The molecule has 0 heterocycles. The monoisotopic (exact) mass is 575 g/mol. The molecule has 0 aliphatic rings. The van der Waals surface area contributed by atoms with Crippen LogP contribution in [0.4, 0.5) is 5.69 Å². The number of aromatic carboxylic acids is 1. The molecule has 0 radical (unpaired) electrons. The van der Waals surface area contributed by atoms with Crippen molar-refractivity contribution in [1.29, 1.82) is 0 Å². The van der Waals surface area contributed by atoms with Gasteiger partial charge in [0.25, 0.3) is 0 Å². The molecule has 0 atom stereocenters. The average Bonchev–Trinajstić information content (AvgIpc) is 3.00. The van der Waals surface area contributed by atoms with E-state index in [1.807, 2.05) is 30.3 Å². The Hall–Kier alpha value is -4.72. The summed E-state index contributed by atoms with van der Waals surface area (Å²) in [4.78, 5) is 13.9. The molecule has 0 aliphatic carbocycles. The molecule has 0 unspecified atom stereocenters. The van der Waals surface area contributed by atoms with Gasteiger partial charge in [0.15, 0.2) is 0 Å². The van der Waals surface area contributed by atoms with E-state index in [2.05, 4.69) is 84.3 Å². The molecule has 5 rings (SSSR count). The summed E-state index contributed by atoms with van der Waals surface area (Å²) in [7, 11) is 0. The number of aryl methyl sites for hydroxylation is 1. The van der Waals surface area contributed by atoms with Crippen LogP contribution < -0.4 is 4.90 Å². The SMILES string of the molecule is CCCCc1ccc(C#Cc2ccc(CN(Cc3cccc4ccccc34)c3ccc(O)c(C(=O)O)c3)cc2)cc1.Cl. The van der Waals surface area contributed by atoms with Crippen LogP contribution in [0.1, 0.15) is 57.9 Å². The molecular formula is C37H34ClNO3. The maximum absolute atomic E-state index is 11.8. The van der Waals surface area contributed by atoms with Crippen molar-refractivity contribution in [2.75, 3.05) is 4.90 Å². The first-order valence-corrected chi connectivity index (χ1v) is 14.0. The van der Waals surface area contributed by atoms with Crippen LogP contribution in [0.2, 0.25) is 0 Å². The number of benzene rings is 5. The van der Waals surface area contributed by atoms with Gasteiger partial charge in [0, 0.05) is 29.9 Å². The number of fused-ring (bicyclic) bond motifs is 1. The molecule has 0 spiro atoms. The van der Waals surface area contributed by atoms with Gasteiger partial charge in [-0.15, -0.1) is 12.4 Å². The Morgan fingerprint density at radius 1 is 0.762 bits per heavy atom. The maximum Gasteiger partial charge on any atom is 0.339 e. The summed E-state index contributed by atoms with van der Waals surface area (Å²) in [6, 6.07) is 35.9. The molecule has 0 aromatic heterocycles. The predicted octanol–water partition coefficient (Wildman–Crippen LogP) is 8.61. The molecule has 212 valence electrons. The minimum atomic E-state index is -1.16. The summed E-state index contributed by atoms with van der Waals surface area (Å²) in [6.07, 6.45) is 3.49. The smallest absolute Gasteiger partial charge is 0.339 e. The molecule has 4 nitrogen and oxygen atoms in total. The molecule has 0 aliphatic heterocycles. The molecule has 0 bridgehead atoms. The average molecular weight is 576 g/mol. The molecule has 2 N–H and O–H groups in total. The lowest BCUT2D eigenvalue weighted by molar-refractivity contribution is 0.0693. The predicted molar refractivity (Wildman–Crippen MR) is 174 cm³/mol. The Balaban J connectivity index is 0.00000405. The normalized spacial score (nSPS) is 10.4. The Labute approximate surface area is 253 Å². The zero-order valence-electron chi connectivity index (χ0n) is 23.6. The molecule has 0 fully saturated rings. The second-order valence-corrected chi connectivity index (χ2v) is 10.2. The highest BCUT2D eigenvalue weighted by Gasteiger charge is 2.16. The van der Waals surface area contributed by atoms with E-state index < -0.39 is 5.97 Å². The van der Waals surface area contributed by atoms with Gasteiger partial charge in [-0.25, -0.2) is 4.79 Å². The summed E-state index contributed by atoms with van der Waals surface area (Å²) in [5.41, 5.74) is 6.09. The van der Waals surface area contributed by atoms with Crippen LogP contribution >= 0.6 is 12.4 Å². The second kappa shape index (κ2) is 14.3. The van der Waals surface area contributed by atoms with Gasteiger partial charge in [0.1, 0.15) is 11.3 Å². The standard InChI is InChI=1S/C37H33NO3.ClH/c1-2-3-7-27-12-14-28(15-13-27)16-17-29-18-20-30(21-19-29)25-38(33-22-23-36(39)35(24-33)37(40)41)26-32-10-6-9-31-8-4-5-11-34(31)32;/h4-6,8-15,18-24,39H,2-3,7,25-26H2,1H3,(H,40,41);1H. The van der Waals surface area contributed by atoms with Gasteiger partial charge in [-0.3, -0.25) is 0 Å². The zero-order chi connectivity index (χ0) is 28.6. The van der Waals surface area contributed by atoms with Crippen LogP contribution in [0.3, 0.4) is 0 Å². The third-order valence-electron chi connectivity index (χ3n) is 7.27. The first-order chi connectivity index (χ1) is 20.0. The molecular weight excluding hydrogens is 542 g/mol. The highest BCUT2D eigenvalue weighted by molar-refractivity contribution is 5.92. The summed E-state index contributed by atoms with van der Waals surface area (Å²) in [6.45, 7) is 3.33. The van der Waals surface area contributed by atoms with Gasteiger partial charge in [-0.2, -0.15) is 0 Å². The fraction of sp³-hybridized carbons (Fsp3) is 0.162. The first kappa shape index (κ1) is 30.2. The molecule has 0 saturated carbocycles. The summed E-state index contributed by atoms with van der Waals surface area (Å²) >= 11 is 0. The Kier molecular flexibility index (Phi) is 10.3. The molecule has 0 amide bonds. The number of rotatable bonds is 9. The number of hydrogen-bond acceptors (Lipinski definition) is 3. The number of aromatic hydroxyl groups is 1.